The van der Waals surface area contributed by atoms with Crippen LogP contribution < -0.4 is 4.90 Å². The molecule has 2 aromatic heterocycles. The largest absolute Gasteiger partial charge is 0.464 e. The molecule has 0 radical (unpaired) electrons. The smallest absolute Gasteiger partial charge is 0.360 e. The maximum absolute atomic E-state index is 11.5. The van der Waals surface area contributed by atoms with Gasteiger partial charge in [-0.2, -0.15) is 0 Å². The number of methoxy groups -OCH3 is 1. The van der Waals surface area contributed by atoms with Gasteiger partial charge < -0.3 is 9.64 Å². The molecule has 0 N–H and O–H groups in total. The highest BCUT2D eigenvalue weighted by atomic mass is 16.6. The van der Waals surface area contributed by atoms with E-state index in [0.717, 1.165) is 19.4 Å². The van der Waals surface area contributed by atoms with Gasteiger partial charge in [0.15, 0.2) is 5.69 Å². The first-order valence-corrected chi connectivity index (χ1v) is 7.86. The van der Waals surface area contributed by atoms with E-state index >= 15 is 0 Å². The summed E-state index contributed by atoms with van der Waals surface area (Å²) in [6, 6.07) is 3.18. The normalized spacial score (nSPS) is 17.4. The summed E-state index contributed by atoms with van der Waals surface area (Å²) in [6.07, 6.45) is 3.39. The molecule has 132 valence electrons. The summed E-state index contributed by atoms with van der Waals surface area (Å²) in [6.45, 7) is 3.07. The van der Waals surface area contributed by atoms with E-state index in [1.54, 1.807) is 23.9 Å². The number of ether oxygens (including phenoxy) is 1. The summed E-state index contributed by atoms with van der Waals surface area (Å²) in [5.74, 6) is 0.174. The number of hydrogen-bond donors (Lipinski definition) is 0. The van der Waals surface area contributed by atoms with Crippen LogP contribution in [0, 0.1) is 17.0 Å². The zero-order valence-corrected chi connectivity index (χ0v) is 14.0. The highest BCUT2D eigenvalue weighted by molar-refractivity contribution is 5.86. The Labute approximate surface area is 143 Å². The Hall–Kier alpha value is -3.04. The number of rotatable bonds is 4. The number of pyridine rings is 1. The first-order chi connectivity index (χ1) is 12.0. The molecule has 0 aromatic carbocycles. The first-order valence-electron chi connectivity index (χ1n) is 7.86. The van der Waals surface area contributed by atoms with E-state index in [1.165, 1.54) is 13.2 Å². The van der Waals surface area contributed by atoms with Crippen molar-refractivity contribution in [1.82, 2.24) is 20.0 Å². The molecule has 0 amide bonds. The molecule has 1 aliphatic heterocycles. The second kappa shape index (κ2) is 6.83. The average Bonchev–Trinajstić information content (AvgIpc) is 3.11. The number of nitro groups is 1. The van der Waals surface area contributed by atoms with Crippen LogP contribution >= 0.6 is 0 Å². The lowest BCUT2D eigenvalue weighted by molar-refractivity contribution is -0.385. The first kappa shape index (κ1) is 16.8. The van der Waals surface area contributed by atoms with Gasteiger partial charge >= 0.3 is 5.97 Å². The van der Waals surface area contributed by atoms with Crippen molar-refractivity contribution in [3.05, 3.63) is 39.8 Å². The minimum atomic E-state index is -0.522. The lowest BCUT2D eigenvalue weighted by Crippen LogP contribution is -2.37. The summed E-state index contributed by atoms with van der Waals surface area (Å²) >= 11 is 0. The van der Waals surface area contributed by atoms with Crippen molar-refractivity contribution in [1.29, 1.82) is 0 Å². The summed E-state index contributed by atoms with van der Waals surface area (Å²) in [5.41, 5.74) is 0.568. The maximum atomic E-state index is 11.5. The van der Waals surface area contributed by atoms with Gasteiger partial charge in [-0.1, -0.05) is 5.21 Å². The molecule has 2 aromatic rings. The monoisotopic (exact) mass is 346 g/mol. The second-order valence-electron chi connectivity index (χ2n) is 5.85. The lowest BCUT2D eigenvalue weighted by Gasteiger charge is -2.33. The quantitative estimate of drug-likeness (QED) is 0.465. The van der Waals surface area contributed by atoms with Gasteiger partial charge in [-0.05, 0) is 25.8 Å². The molecule has 0 aliphatic carbocycles. The van der Waals surface area contributed by atoms with Gasteiger partial charge in [0.05, 0.1) is 24.3 Å². The van der Waals surface area contributed by atoms with E-state index in [1.807, 2.05) is 0 Å². The van der Waals surface area contributed by atoms with E-state index < -0.39 is 10.9 Å². The fourth-order valence-electron chi connectivity index (χ4n) is 2.94. The van der Waals surface area contributed by atoms with Gasteiger partial charge in [0, 0.05) is 19.2 Å². The molecule has 0 unspecified atom stereocenters. The number of esters is 1. The number of anilines is 1. The third-order valence-corrected chi connectivity index (χ3v) is 4.24. The van der Waals surface area contributed by atoms with Crippen molar-refractivity contribution in [3.63, 3.8) is 0 Å². The van der Waals surface area contributed by atoms with E-state index in [4.69, 9.17) is 0 Å². The number of carbonyl (C=O) groups excluding carboxylic acids is 1. The van der Waals surface area contributed by atoms with Crippen LogP contribution in [0.4, 0.5) is 11.5 Å². The fraction of sp³-hybridized carbons (Fsp3) is 0.467. The predicted molar refractivity (Wildman–Crippen MR) is 87.5 cm³/mol. The number of piperidine rings is 1. The highest BCUT2D eigenvalue weighted by Crippen LogP contribution is 2.27. The van der Waals surface area contributed by atoms with Crippen LogP contribution in [0.15, 0.2) is 18.3 Å². The van der Waals surface area contributed by atoms with Crippen LogP contribution in [0.1, 0.15) is 35.1 Å². The molecule has 1 fully saturated rings. The Kier molecular flexibility index (Phi) is 4.59. The van der Waals surface area contributed by atoms with Crippen molar-refractivity contribution in [2.24, 2.45) is 0 Å². The second-order valence-corrected chi connectivity index (χ2v) is 5.85. The molecule has 0 saturated carbocycles. The van der Waals surface area contributed by atoms with Gasteiger partial charge in [0.25, 0.3) is 5.69 Å². The molecule has 10 heteroatoms. The summed E-state index contributed by atoms with van der Waals surface area (Å²) in [4.78, 5) is 28.4. The van der Waals surface area contributed by atoms with Crippen molar-refractivity contribution >= 4 is 17.5 Å². The fourth-order valence-corrected chi connectivity index (χ4v) is 2.94. The van der Waals surface area contributed by atoms with Crippen LogP contribution in [-0.2, 0) is 4.74 Å². The Balaban J connectivity index is 1.77. The van der Waals surface area contributed by atoms with Crippen molar-refractivity contribution in [2.75, 3.05) is 25.1 Å². The summed E-state index contributed by atoms with van der Waals surface area (Å²) < 4.78 is 6.30. The minimum absolute atomic E-state index is 0.0105. The summed E-state index contributed by atoms with van der Waals surface area (Å²) in [5, 5.41) is 18.8. The number of aryl methyl sites for hydroxylation is 1. The number of hydrogen-bond acceptors (Lipinski definition) is 8. The van der Waals surface area contributed by atoms with E-state index in [9.17, 15) is 14.9 Å². The van der Waals surface area contributed by atoms with Gasteiger partial charge in [0.1, 0.15) is 11.5 Å². The van der Waals surface area contributed by atoms with Crippen molar-refractivity contribution in [3.8, 4) is 0 Å². The summed E-state index contributed by atoms with van der Waals surface area (Å²) in [7, 11) is 1.30. The van der Waals surface area contributed by atoms with Crippen LogP contribution in [0.5, 0.6) is 0 Å². The van der Waals surface area contributed by atoms with E-state index in [2.05, 4.69) is 24.9 Å². The van der Waals surface area contributed by atoms with Crippen molar-refractivity contribution in [2.45, 2.75) is 25.8 Å². The highest BCUT2D eigenvalue weighted by Gasteiger charge is 2.25. The van der Waals surface area contributed by atoms with Crippen LogP contribution in [0.2, 0.25) is 0 Å². The topological polar surface area (TPSA) is 116 Å². The van der Waals surface area contributed by atoms with E-state index in [0.29, 0.717) is 18.1 Å². The molecule has 1 atom stereocenters. The number of carbonyl (C=O) groups is 1. The van der Waals surface area contributed by atoms with Crippen LogP contribution in [-0.4, -0.2) is 51.1 Å². The van der Waals surface area contributed by atoms with Gasteiger partial charge in [0.2, 0.25) is 0 Å². The molecule has 1 aliphatic rings. The number of nitrogens with zero attached hydrogens (tertiary/aromatic N) is 6. The minimum Gasteiger partial charge on any atom is -0.464 e. The average molecular weight is 346 g/mol. The maximum Gasteiger partial charge on any atom is 0.360 e. The molecular weight excluding hydrogens is 328 g/mol. The zero-order chi connectivity index (χ0) is 18.0. The third kappa shape index (κ3) is 3.42. The Morgan fingerprint density at radius 2 is 2.24 bits per heavy atom. The van der Waals surface area contributed by atoms with E-state index in [-0.39, 0.29) is 17.4 Å². The van der Waals surface area contributed by atoms with Crippen molar-refractivity contribution < 1.29 is 14.5 Å². The lowest BCUT2D eigenvalue weighted by atomic mass is 10.1. The van der Waals surface area contributed by atoms with Crippen LogP contribution in [0.25, 0.3) is 0 Å². The molecule has 3 rings (SSSR count). The molecule has 0 bridgehead atoms. The number of aromatic nitrogens is 4. The SMILES string of the molecule is COC(=O)c1cn([C@@H]2CCCN(c3ccc([N+](=O)[O-])c(C)n3)C2)nn1. The Morgan fingerprint density at radius 1 is 1.44 bits per heavy atom. The van der Waals surface area contributed by atoms with Crippen LogP contribution in [0.3, 0.4) is 0 Å². The Morgan fingerprint density at radius 3 is 2.92 bits per heavy atom. The third-order valence-electron chi connectivity index (χ3n) is 4.24. The molecule has 25 heavy (non-hydrogen) atoms. The molecule has 3 heterocycles. The zero-order valence-electron chi connectivity index (χ0n) is 14.0. The standard InChI is InChI=1S/C15H18N6O4/c1-10-13(21(23)24)5-6-14(16-10)19-7-3-4-11(8-19)20-9-12(17-18-20)15(22)25-2/h5-6,9,11H,3-4,7-8H2,1-2H3/t11-/m1/s1. The van der Waals surface area contributed by atoms with Gasteiger partial charge in [-0.15, -0.1) is 5.10 Å². The Bertz CT molecular complexity index is 805. The molecule has 0 spiro atoms. The van der Waals surface area contributed by atoms with Gasteiger partial charge in [-0.3, -0.25) is 10.1 Å². The van der Waals surface area contributed by atoms with Gasteiger partial charge in [-0.25, -0.2) is 14.5 Å². The molecule has 1 saturated heterocycles. The molecule has 10 nitrogen and oxygen atoms in total. The molecular formula is C15H18N6O4. The predicted octanol–water partition coefficient (Wildman–Crippen LogP) is 1.52.